The number of rotatable bonds is 3. The smallest absolute Gasteiger partial charge is 0.146 e. The lowest BCUT2D eigenvalue weighted by atomic mass is 10.0. The van der Waals surface area contributed by atoms with E-state index in [1.54, 1.807) is 6.07 Å². The van der Waals surface area contributed by atoms with Crippen molar-refractivity contribution in [3.8, 4) is 0 Å². The van der Waals surface area contributed by atoms with Crippen molar-refractivity contribution in [2.24, 2.45) is 5.73 Å². The molecule has 1 aromatic carbocycles. The standard InChI is InChI=1S/C14H21FN2S/c1-3-11-9-17(7-8-18-11)14-12(10(2)16)5-4-6-13(14)15/h4-6,10-11H,3,7-9,16H2,1-2H3. The van der Waals surface area contributed by atoms with Gasteiger partial charge in [0.2, 0.25) is 0 Å². The predicted octanol–water partition coefficient (Wildman–Crippen LogP) is 3.18. The van der Waals surface area contributed by atoms with Crippen molar-refractivity contribution in [3.05, 3.63) is 29.6 Å². The van der Waals surface area contributed by atoms with Crippen molar-refractivity contribution in [3.63, 3.8) is 0 Å². The molecule has 1 heterocycles. The zero-order chi connectivity index (χ0) is 13.1. The second-order valence-corrected chi connectivity index (χ2v) is 6.22. The summed E-state index contributed by atoms with van der Waals surface area (Å²) in [6.07, 6.45) is 1.13. The predicted molar refractivity (Wildman–Crippen MR) is 77.8 cm³/mol. The van der Waals surface area contributed by atoms with Crippen LogP contribution in [0.1, 0.15) is 31.9 Å². The van der Waals surface area contributed by atoms with Gasteiger partial charge in [-0.05, 0) is 25.0 Å². The molecule has 2 rings (SSSR count). The van der Waals surface area contributed by atoms with Crippen LogP contribution in [0.2, 0.25) is 0 Å². The second-order valence-electron chi connectivity index (χ2n) is 4.81. The summed E-state index contributed by atoms with van der Waals surface area (Å²) in [5.41, 5.74) is 7.59. The summed E-state index contributed by atoms with van der Waals surface area (Å²) in [6, 6.07) is 5.08. The van der Waals surface area contributed by atoms with Crippen LogP contribution >= 0.6 is 11.8 Å². The maximum absolute atomic E-state index is 14.1. The average Bonchev–Trinajstić information content (AvgIpc) is 2.38. The van der Waals surface area contributed by atoms with E-state index in [9.17, 15) is 4.39 Å². The Hall–Kier alpha value is -0.740. The van der Waals surface area contributed by atoms with Crippen LogP contribution < -0.4 is 10.6 Å². The summed E-state index contributed by atoms with van der Waals surface area (Å²) in [7, 11) is 0. The Morgan fingerprint density at radius 2 is 2.33 bits per heavy atom. The first kappa shape index (κ1) is 13.7. The lowest BCUT2D eigenvalue weighted by molar-refractivity contribution is 0.606. The molecule has 0 bridgehead atoms. The Balaban J connectivity index is 2.31. The summed E-state index contributed by atoms with van der Waals surface area (Å²) in [4.78, 5) is 2.17. The third-order valence-corrected chi connectivity index (χ3v) is 4.79. The Kier molecular flexibility index (Phi) is 4.51. The highest BCUT2D eigenvalue weighted by Crippen LogP contribution is 2.32. The van der Waals surface area contributed by atoms with Crippen LogP contribution in [0.4, 0.5) is 10.1 Å². The van der Waals surface area contributed by atoms with E-state index in [-0.39, 0.29) is 11.9 Å². The molecule has 1 fully saturated rings. The van der Waals surface area contributed by atoms with E-state index in [1.807, 2.05) is 24.8 Å². The molecule has 2 unspecified atom stereocenters. The number of anilines is 1. The quantitative estimate of drug-likeness (QED) is 0.913. The van der Waals surface area contributed by atoms with E-state index < -0.39 is 0 Å². The van der Waals surface area contributed by atoms with Gasteiger partial charge in [0, 0.05) is 30.1 Å². The second kappa shape index (κ2) is 5.93. The lowest BCUT2D eigenvalue weighted by Crippen LogP contribution is -2.39. The van der Waals surface area contributed by atoms with Gasteiger partial charge in [0.15, 0.2) is 0 Å². The maximum Gasteiger partial charge on any atom is 0.146 e. The molecular weight excluding hydrogens is 247 g/mol. The molecule has 0 radical (unpaired) electrons. The highest BCUT2D eigenvalue weighted by atomic mass is 32.2. The fraction of sp³-hybridized carbons (Fsp3) is 0.571. The van der Waals surface area contributed by atoms with E-state index in [4.69, 9.17) is 5.73 Å². The summed E-state index contributed by atoms with van der Waals surface area (Å²) in [5, 5.41) is 0.597. The highest BCUT2D eigenvalue weighted by Gasteiger charge is 2.24. The van der Waals surface area contributed by atoms with Crippen LogP contribution in [0.5, 0.6) is 0 Å². The molecule has 4 heteroatoms. The van der Waals surface area contributed by atoms with Crippen LogP contribution in [0, 0.1) is 5.82 Å². The van der Waals surface area contributed by atoms with Gasteiger partial charge in [-0.15, -0.1) is 0 Å². The van der Waals surface area contributed by atoms with E-state index >= 15 is 0 Å². The van der Waals surface area contributed by atoms with Gasteiger partial charge in [0.1, 0.15) is 5.82 Å². The molecule has 1 saturated heterocycles. The average molecular weight is 268 g/mol. The van der Waals surface area contributed by atoms with E-state index in [0.717, 1.165) is 30.8 Å². The minimum Gasteiger partial charge on any atom is -0.367 e. The van der Waals surface area contributed by atoms with Crippen molar-refractivity contribution < 1.29 is 4.39 Å². The Bertz CT molecular complexity index is 409. The molecular formula is C14H21FN2S. The molecule has 2 atom stereocenters. The number of halogens is 1. The van der Waals surface area contributed by atoms with Crippen LogP contribution in [0.25, 0.3) is 0 Å². The Morgan fingerprint density at radius 3 is 3.00 bits per heavy atom. The molecule has 0 spiro atoms. The van der Waals surface area contributed by atoms with Crippen molar-refractivity contribution in [1.82, 2.24) is 0 Å². The fourth-order valence-corrected chi connectivity index (χ4v) is 3.58. The fourth-order valence-electron chi connectivity index (χ4n) is 2.40. The first-order valence-electron chi connectivity index (χ1n) is 6.54. The number of para-hydroxylation sites is 1. The number of hydrogen-bond acceptors (Lipinski definition) is 3. The van der Waals surface area contributed by atoms with Gasteiger partial charge in [-0.1, -0.05) is 19.1 Å². The van der Waals surface area contributed by atoms with Crippen LogP contribution in [-0.4, -0.2) is 24.1 Å². The van der Waals surface area contributed by atoms with Gasteiger partial charge in [-0.3, -0.25) is 0 Å². The van der Waals surface area contributed by atoms with Crippen LogP contribution in [-0.2, 0) is 0 Å². The van der Waals surface area contributed by atoms with Gasteiger partial charge in [0.25, 0.3) is 0 Å². The largest absolute Gasteiger partial charge is 0.367 e. The SMILES string of the molecule is CCC1CN(c2c(F)cccc2C(C)N)CCS1. The van der Waals surface area contributed by atoms with Crippen molar-refractivity contribution in [2.45, 2.75) is 31.6 Å². The summed E-state index contributed by atoms with van der Waals surface area (Å²) in [5.74, 6) is 0.914. The van der Waals surface area contributed by atoms with Gasteiger partial charge >= 0.3 is 0 Å². The molecule has 1 aromatic rings. The number of thioether (sulfide) groups is 1. The molecule has 0 amide bonds. The number of hydrogen-bond donors (Lipinski definition) is 1. The molecule has 18 heavy (non-hydrogen) atoms. The minimum atomic E-state index is -0.147. The van der Waals surface area contributed by atoms with Crippen molar-refractivity contribution >= 4 is 17.4 Å². The summed E-state index contributed by atoms with van der Waals surface area (Å²) >= 11 is 1.99. The first-order chi connectivity index (χ1) is 8.63. The third-order valence-electron chi connectivity index (χ3n) is 3.42. The van der Waals surface area contributed by atoms with Crippen LogP contribution in [0.15, 0.2) is 18.2 Å². The highest BCUT2D eigenvalue weighted by molar-refractivity contribution is 8.00. The first-order valence-corrected chi connectivity index (χ1v) is 7.59. The van der Waals surface area contributed by atoms with E-state index in [1.165, 1.54) is 6.07 Å². The minimum absolute atomic E-state index is 0.134. The molecule has 1 aliphatic heterocycles. The molecule has 0 saturated carbocycles. The Morgan fingerprint density at radius 1 is 1.56 bits per heavy atom. The summed E-state index contributed by atoms with van der Waals surface area (Å²) in [6.45, 7) is 5.92. The van der Waals surface area contributed by atoms with Crippen molar-refractivity contribution in [1.29, 1.82) is 0 Å². The lowest BCUT2D eigenvalue weighted by Gasteiger charge is -2.35. The molecule has 100 valence electrons. The molecule has 0 aliphatic carbocycles. The zero-order valence-corrected chi connectivity index (χ0v) is 11.8. The van der Waals surface area contributed by atoms with Gasteiger partial charge in [-0.25, -0.2) is 4.39 Å². The summed E-state index contributed by atoms with van der Waals surface area (Å²) < 4.78 is 14.1. The normalized spacial score (nSPS) is 22.0. The number of nitrogens with zero attached hydrogens (tertiary/aromatic N) is 1. The number of benzene rings is 1. The molecule has 2 N–H and O–H groups in total. The van der Waals surface area contributed by atoms with Crippen molar-refractivity contribution in [2.75, 3.05) is 23.7 Å². The Labute approximate surface area is 113 Å². The number of nitrogens with two attached hydrogens (primary N) is 1. The molecule has 1 aliphatic rings. The van der Waals surface area contributed by atoms with E-state index in [0.29, 0.717) is 10.9 Å². The monoisotopic (exact) mass is 268 g/mol. The molecule has 0 aromatic heterocycles. The van der Waals surface area contributed by atoms with Crippen LogP contribution in [0.3, 0.4) is 0 Å². The van der Waals surface area contributed by atoms with Gasteiger partial charge < -0.3 is 10.6 Å². The topological polar surface area (TPSA) is 29.3 Å². The zero-order valence-electron chi connectivity index (χ0n) is 11.0. The maximum atomic E-state index is 14.1. The van der Waals surface area contributed by atoms with Gasteiger partial charge in [-0.2, -0.15) is 11.8 Å². The third kappa shape index (κ3) is 2.81. The molecule has 2 nitrogen and oxygen atoms in total. The van der Waals surface area contributed by atoms with Gasteiger partial charge in [0.05, 0.1) is 5.69 Å². The van der Waals surface area contributed by atoms with E-state index in [2.05, 4.69) is 11.8 Å².